The van der Waals surface area contributed by atoms with Crippen LogP contribution in [0.2, 0.25) is 0 Å². The molecule has 1 N–H and O–H groups in total. The molecule has 0 radical (unpaired) electrons. The first-order valence-corrected chi connectivity index (χ1v) is 6.27. The minimum atomic E-state index is -0.343. The van der Waals surface area contributed by atoms with Gasteiger partial charge in [-0.05, 0) is 31.9 Å². The van der Waals surface area contributed by atoms with Crippen molar-refractivity contribution in [2.45, 2.75) is 25.8 Å². The Hall–Kier alpha value is -1.62. The number of hydrogen-bond acceptors (Lipinski definition) is 5. The van der Waals surface area contributed by atoms with Gasteiger partial charge in [-0.1, -0.05) is 0 Å². The monoisotopic (exact) mass is 250 g/mol. The summed E-state index contributed by atoms with van der Waals surface area (Å²) in [5.74, 6) is 0.233. The summed E-state index contributed by atoms with van der Waals surface area (Å²) in [7, 11) is 0. The lowest BCUT2D eigenvalue weighted by molar-refractivity contribution is 0.0526. The van der Waals surface area contributed by atoms with Gasteiger partial charge in [-0.15, -0.1) is 0 Å². The van der Waals surface area contributed by atoms with Crippen LogP contribution in [0.3, 0.4) is 0 Å². The second-order valence-electron chi connectivity index (χ2n) is 4.18. The van der Waals surface area contributed by atoms with E-state index in [4.69, 9.17) is 9.47 Å². The van der Waals surface area contributed by atoms with E-state index in [1.165, 1.54) is 0 Å². The van der Waals surface area contributed by atoms with Crippen LogP contribution in [0.25, 0.3) is 0 Å². The summed E-state index contributed by atoms with van der Waals surface area (Å²) >= 11 is 0. The Kier molecular flexibility index (Phi) is 4.52. The predicted molar refractivity (Wildman–Crippen MR) is 67.7 cm³/mol. The lowest BCUT2D eigenvalue weighted by atomic mass is 10.1. The van der Waals surface area contributed by atoms with Crippen molar-refractivity contribution in [1.82, 2.24) is 4.98 Å². The minimum Gasteiger partial charge on any atom is -0.462 e. The van der Waals surface area contributed by atoms with E-state index in [-0.39, 0.29) is 12.0 Å². The fraction of sp³-hybridized carbons (Fsp3) is 0.538. The highest BCUT2D eigenvalue weighted by Gasteiger charge is 2.18. The van der Waals surface area contributed by atoms with Gasteiger partial charge in [0, 0.05) is 12.8 Å². The topological polar surface area (TPSA) is 60.5 Å². The van der Waals surface area contributed by atoms with Gasteiger partial charge >= 0.3 is 5.97 Å². The summed E-state index contributed by atoms with van der Waals surface area (Å²) in [5.41, 5.74) is 0.477. The number of nitrogens with zero attached hydrogens (tertiary/aromatic N) is 1. The number of aromatic nitrogens is 1. The zero-order chi connectivity index (χ0) is 12.8. The van der Waals surface area contributed by atoms with Gasteiger partial charge in [0.05, 0.1) is 19.3 Å². The first-order valence-electron chi connectivity index (χ1n) is 6.27. The van der Waals surface area contributed by atoms with Crippen LogP contribution in [-0.4, -0.2) is 36.8 Å². The van der Waals surface area contributed by atoms with Gasteiger partial charge in [0.1, 0.15) is 11.4 Å². The van der Waals surface area contributed by atoms with E-state index in [0.717, 1.165) is 19.4 Å². The van der Waals surface area contributed by atoms with Gasteiger partial charge in [0.2, 0.25) is 0 Å². The van der Waals surface area contributed by atoms with Crippen LogP contribution in [0.15, 0.2) is 18.3 Å². The zero-order valence-electron chi connectivity index (χ0n) is 10.5. The molecule has 0 aromatic carbocycles. The third-order valence-corrected chi connectivity index (χ3v) is 2.80. The Balaban J connectivity index is 2.08. The standard InChI is InChI=1S/C13H18N2O3/c1-2-18-13(16)11-6-3-7-14-12(11)15-10-5-4-8-17-9-10/h3,6-7,10H,2,4-5,8-9H2,1H3,(H,14,15). The molecule has 1 aliphatic heterocycles. The maximum absolute atomic E-state index is 11.8. The number of esters is 1. The second kappa shape index (κ2) is 6.35. The van der Waals surface area contributed by atoms with Crippen molar-refractivity contribution < 1.29 is 14.3 Å². The molecule has 1 atom stereocenters. The molecule has 1 aromatic heterocycles. The average Bonchev–Trinajstić information content (AvgIpc) is 2.41. The summed E-state index contributed by atoms with van der Waals surface area (Å²) in [6.45, 7) is 3.61. The summed E-state index contributed by atoms with van der Waals surface area (Å²) in [5, 5.41) is 3.25. The zero-order valence-corrected chi connectivity index (χ0v) is 10.5. The first-order chi connectivity index (χ1) is 8.81. The largest absolute Gasteiger partial charge is 0.462 e. The van der Waals surface area contributed by atoms with Crippen molar-refractivity contribution in [2.24, 2.45) is 0 Å². The van der Waals surface area contributed by atoms with Crippen molar-refractivity contribution in [2.75, 3.05) is 25.1 Å². The van der Waals surface area contributed by atoms with Crippen LogP contribution in [0.1, 0.15) is 30.1 Å². The molecule has 98 valence electrons. The molecule has 0 bridgehead atoms. The Morgan fingerprint density at radius 3 is 3.28 bits per heavy atom. The molecule has 0 saturated carbocycles. The van der Waals surface area contributed by atoms with E-state index in [9.17, 15) is 4.79 Å². The molecule has 1 unspecified atom stereocenters. The van der Waals surface area contributed by atoms with Crippen LogP contribution < -0.4 is 5.32 Å². The highest BCUT2D eigenvalue weighted by atomic mass is 16.5. The number of ether oxygens (including phenoxy) is 2. The Labute approximate surface area is 107 Å². The number of hydrogen-bond donors (Lipinski definition) is 1. The van der Waals surface area contributed by atoms with E-state index in [1.807, 2.05) is 0 Å². The number of pyridine rings is 1. The van der Waals surface area contributed by atoms with Crippen molar-refractivity contribution in [3.63, 3.8) is 0 Å². The average molecular weight is 250 g/mol. The minimum absolute atomic E-state index is 0.210. The highest BCUT2D eigenvalue weighted by molar-refractivity contribution is 5.94. The number of rotatable bonds is 4. The van der Waals surface area contributed by atoms with Gasteiger partial charge in [-0.2, -0.15) is 0 Å². The molecule has 1 fully saturated rings. The third kappa shape index (κ3) is 3.20. The molecule has 0 amide bonds. The molecule has 2 rings (SSSR count). The van der Waals surface area contributed by atoms with Crippen LogP contribution in [0.5, 0.6) is 0 Å². The lowest BCUT2D eigenvalue weighted by Gasteiger charge is -2.24. The molecule has 2 heterocycles. The number of carbonyl (C=O) groups is 1. The van der Waals surface area contributed by atoms with Crippen LogP contribution >= 0.6 is 0 Å². The van der Waals surface area contributed by atoms with Gasteiger partial charge in [0.25, 0.3) is 0 Å². The second-order valence-corrected chi connectivity index (χ2v) is 4.18. The molecule has 5 heteroatoms. The van der Waals surface area contributed by atoms with Crippen LogP contribution in [0, 0.1) is 0 Å². The SMILES string of the molecule is CCOC(=O)c1cccnc1NC1CCCOC1. The molecule has 0 aliphatic carbocycles. The number of carbonyl (C=O) groups excluding carboxylic acids is 1. The van der Waals surface area contributed by atoms with Crippen molar-refractivity contribution in [3.8, 4) is 0 Å². The molecule has 1 aliphatic rings. The summed E-state index contributed by atoms with van der Waals surface area (Å²) < 4.78 is 10.4. The number of nitrogens with one attached hydrogen (secondary N) is 1. The van der Waals surface area contributed by atoms with Gasteiger partial charge in [-0.3, -0.25) is 0 Å². The summed E-state index contributed by atoms with van der Waals surface area (Å²) in [4.78, 5) is 16.0. The molecule has 1 aromatic rings. The van der Waals surface area contributed by atoms with E-state index >= 15 is 0 Å². The normalized spacial score (nSPS) is 19.3. The molecule has 0 spiro atoms. The smallest absolute Gasteiger partial charge is 0.341 e. The molecular formula is C13H18N2O3. The third-order valence-electron chi connectivity index (χ3n) is 2.80. The van der Waals surface area contributed by atoms with Crippen molar-refractivity contribution >= 4 is 11.8 Å². The first kappa shape index (κ1) is 12.8. The van der Waals surface area contributed by atoms with E-state index in [0.29, 0.717) is 24.6 Å². The Morgan fingerprint density at radius 2 is 2.56 bits per heavy atom. The van der Waals surface area contributed by atoms with Crippen molar-refractivity contribution in [3.05, 3.63) is 23.9 Å². The Bertz CT molecular complexity index is 403. The maximum Gasteiger partial charge on any atom is 0.341 e. The molecule has 18 heavy (non-hydrogen) atoms. The summed E-state index contributed by atoms with van der Waals surface area (Å²) in [6, 6.07) is 3.66. The van der Waals surface area contributed by atoms with Crippen LogP contribution in [-0.2, 0) is 9.47 Å². The van der Waals surface area contributed by atoms with E-state index in [2.05, 4.69) is 10.3 Å². The highest BCUT2D eigenvalue weighted by Crippen LogP contribution is 2.17. The van der Waals surface area contributed by atoms with Gasteiger partial charge in [-0.25, -0.2) is 9.78 Å². The number of anilines is 1. The maximum atomic E-state index is 11.8. The van der Waals surface area contributed by atoms with Crippen LogP contribution in [0.4, 0.5) is 5.82 Å². The van der Waals surface area contributed by atoms with Gasteiger partial charge in [0.15, 0.2) is 0 Å². The fourth-order valence-electron chi connectivity index (χ4n) is 1.94. The predicted octanol–water partition coefficient (Wildman–Crippen LogP) is 1.85. The fourth-order valence-corrected chi connectivity index (χ4v) is 1.94. The summed E-state index contributed by atoms with van der Waals surface area (Å²) in [6.07, 6.45) is 3.72. The van der Waals surface area contributed by atoms with Gasteiger partial charge < -0.3 is 14.8 Å². The lowest BCUT2D eigenvalue weighted by Crippen LogP contribution is -2.31. The molecule has 1 saturated heterocycles. The van der Waals surface area contributed by atoms with E-state index < -0.39 is 0 Å². The Morgan fingerprint density at radius 1 is 1.67 bits per heavy atom. The molecular weight excluding hydrogens is 232 g/mol. The van der Waals surface area contributed by atoms with E-state index in [1.54, 1.807) is 25.3 Å². The molecule has 5 nitrogen and oxygen atoms in total. The van der Waals surface area contributed by atoms with Crippen molar-refractivity contribution in [1.29, 1.82) is 0 Å². The quantitative estimate of drug-likeness (QED) is 0.826.